The van der Waals surface area contributed by atoms with Crippen molar-refractivity contribution >= 4 is 5.91 Å². The van der Waals surface area contributed by atoms with E-state index in [1.54, 1.807) is 18.3 Å². The Morgan fingerprint density at radius 2 is 1.38 bits per heavy atom. The van der Waals surface area contributed by atoms with Crippen molar-refractivity contribution in [2.24, 2.45) is 0 Å². The molecule has 3 aromatic rings. The summed E-state index contributed by atoms with van der Waals surface area (Å²) in [6.07, 6.45) is 8.41. The van der Waals surface area contributed by atoms with Crippen molar-refractivity contribution in [1.82, 2.24) is 25.9 Å². The van der Waals surface area contributed by atoms with Gasteiger partial charge < -0.3 is 16.0 Å². The number of benzene rings is 1. The Kier molecular flexibility index (Phi) is 7.95. The minimum absolute atomic E-state index is 0.155. The highest BCUT2D eigenvalue weighted by molar-refractivity contribution is 5.92. The van der Waals surface area contributed by atoms with Crippen molar-refractivity contribution in [1.29, 1.82) is 0 Å². The molecule has 1 saturated carbocycles. The molecule has 32 heavy (non-hydrogen) atoms. The molecular weight excluding hydrogens is 398 g/mol. The van der Waals surface area contributed by atoms with Crippen LogP contribution in [0.4, 0.5) is 0 Å². The summed E-state index contributed by atoms with van der Waals surface area (Å²) in [6.45, 7) is 2.14. The van der Waals surface area contributed by atoms with Gasteiger partial charge in [-0.05, 0) is 48.2 Å². The van der Waals surface area contributed by atoms with Crippen molar-refractivity contribution in [2.75, 3.05) is 0 Å². The summed E-state index contributed by atoms with van der Waals surface area (Å²) >= 11 is 0. The number of aromatic nitrogens is 2. The maximum atomic E-state index is 12.1. The summed E-state index contributed by atoms with van der Waals surface area (Å²) in [4.78, 5) is 20.6. The molecule has 0 saturated heterocycles. The lowest BCUT2D eigenvalue weighted by Crippen LogP contribution is -2.49. The normalized spacial score (nSPS) is 18.2. The van der Waals surface area contributed by atoms with Gasteiger partial charge in [-0.3, -0.25) is 14.8 Å². The molecule has 1 aliphatic carbocycles. The van der Waals surface area contributed by atoms with E-state index in [4.69, 9.17) is 0 Å². The molecule has 0 radical (unpaired) electrons. The standard InChI is InChI=1S/C26H31N5O/c32-26(25-10-4-6-16-28-25)31-18-21-13-11-20(12-14-21)17-29-23-8-1-2-9-24(23)30-19-22-7-3-5-15-27-22/h3-7,10-16,23-24,29-30H,1-2,8-9,17-19H2,(H,31,32)/t23-,24+/m1/s1. The lowest BCUT2D eigenvalue weighted by atomic mass is 9.90. The number of rotatable bonds is 9. The Balaban J connectivity index is 1.24. The predicted octanol–water partition coefficient (Wildman–Crippen LogP) is 3.60. The van der Waals surface area contributed by atoms with Crippen molar-refractivity contribution in [3.63, 3.8) is 0 Å². The van der Waals surface area contributed by atoms with Crippen LogP contribution in [0.1, 0.15) is 53.0 Å². The number of nitrogens with zero attached hydrogens (tertiary/aromatic N) is 2. The van der Waals surface area contributed by atoms with Crippen molar-refractivity contribution in [3.05, 3.63) is 95.6 Å². The van der Waals surface area contributed by atoms with Crippen LogP contribution in [0, 0.1) is 0 Å². The Morgan fingerprint density at radius 1 is 0.750 bits per heavy atom. The van der Waals surface area contributed by atoms with E-state index in [1.807, 2.05) is 24.4 Å². The van der Waals surface area contributed by atoms with Gasteiger partial charge >= 0.3 is 0 Å². The number of hydrogen-bond acceptors (Lipinski definition) is 5. The monoisotopic (exact) mass is 429 g/mol. The number of amides is 1. The Bertz CT molecular complexity index is 963. The van der Waals surface area contributed by atoms with E-state index < -0.39 is 0 Å². The van der Waals surface area contributed by atoms with E-state index in [2.05, 4.69) is 56.3 Å². The van der Waals surface area contributed by atoms with Crippen LogP contribution in [-0.2, 0) is 19.6 Å². The smallest absolute Gasteiger partial charge is 0.270 e. The zero-order valence-electron chi connectivity index (χ0n) is 18.3. The van der Waals surface area contributed by atoms with E-state index in [0.717, 1.165) is 24.3 Å². The van der Waals surface area contributed by atoms with Crippen molar-refractivity contribution in [2.45, 2.75) is 57.4 Å². The second-order valence-corrected chi connectivity index (χ2v) is 8.29. The summed E-state index contributed by atoms with van der Waals surface area (Å²) in [5.74, 6) is -0.155. The highest BCUT2D eigenvalue weighted by Crippen LogP contribution is 2.19. The average molecular weight is 430 g/mol. The molecule has 0 unspecified atom stereocenters. The molecule has 0 bridgehead atoms. The first-order valence-electron chi connectivity index (χ1n) is 11.4. The molecular formula is C26H31N5O. The number of pyridine rings is 2. The molecule has 2 atom stereocenters. The number of carbonyl (C=O) groups excluding carboxylic acids is 1. The largest absolute Gasteiger partial charge is 0.347 e. The zero-order valence-corrected chi connectivity index (χ0v) is 18.3. The molecule has 0 aliphatic heterocycles. The third-order valence-corrected chi connectivity index (χ3v) is 5.98. The van der Waals surface area contributed by atoms with Gasteiger partial charge in [-0.1, -0.05) is 49.2 Å². The second-order valence-electron chi connectivity index (χ2n) is 8.29. The van der Waals surface area contributed by atoms with Gasteiger partial charge in [0, 0.05) is 44.1 Å². The lowest BCUT2D eigenvalue weighted by Gasteiger charge is -2.33. The third-order valence-electron chi connectivity index (χ3n) is 5.98. The maximum Gasteiger partial charge on any atom is 0.270 e. The van der Waals surface area contributed by atoms with Gasteiger partial charge in [-0.25, -0.2) is 0 Å². The average Bonchev–Trinajstić information content (AvgIpc) is 2.87. The molecule has 166 valence electrons. The molecule has 0 spiro atoms. The van der Waals surface area contributed by atoms with Crippen LogP contribution in [0.25, 0.3) is 0 Å². The predicted molar refractivity (Wildman–Crippen MR) is 126 cm³/mol. The summed E-state index contributed by atoms with van der Waals surface area (Å²) < 4.78 is 0. The fourth-order valence-corrected chi connectivity index (χ4v) is 4.15. The molecule has 1 aromatic carbocycles. The minimum atomic E-state index is -0.155. The Hall–Kier alpha value is -3.09. The molecule has 3 N–H and O–H groups in total. The fraction of sp³-hybridized carbons (Fsp3) is 0.346. The quantitative estimate of drug-likeness (QED) is 0.484. The highest BCUT2D eigenvalue weighted by atomic mass is 16.1. The first-order valence-corrected chi connectivity index (χ1v) is 11.4. The zero-order chi connectivity index (χ0) is 22.0. The van der Waals surface area contributed by atoms with E-state index in [9.17, 15) is 4.79 Å². The molecule has 6 heteroatoms. The molecule has 4 rings (SSSR count). The SMILES string of the molecule is O=C(NCc1ccc(CN[C@@H]2CCCC[C@@H]2NCc2ccccn2)cc1)c1ccccn1. The van der Waals surface area contributed by atoms with Crippen LogP contribution in [0.2, 0.25) is 0 Å². The summed E-state index contributed by atoms with van der Waals surface area (Å²) in [5, 5.41) is 10.4. The van der Waals surface area contributed by atoms with Gasteiger partial charge in [0.05, 0.1) is 5.69 Å². The van der Waals surface area contributed by atoms with Crippen LogP contribution in [0.5, 0.6) is 0 Å². The van der Waals surface area contributed by atoms with Crippen LogP contribution in [0.3, 0.4) is 0 Å². The Morgan fingerprint density at radius 3 is 2.00 bits per heavy atom. The van der Waals surface area contributed by atoms with Crippen LogP contribution < -0.4 is 16.0 Å². The van der Waals surface area contributed by atoms with Gasteiger partial charge in [-0.2, -0.15) is 0 Å². The van der Waals surface area contributed by atoms with Crippen LogP contribution in [-0.4, -0.2) is 28.0 Å². The molecule has 1 fully saturated rings. The Labute approximate surface area is 189 Å². The van der Waals surface area contributed by atoms with E-state index in [-0.39, 0.29) is 5.91 Å². The first-order chi connectivity index (χ1) is 15.8. The van der Waals surface area contributed by atoms with E-state index in [0.29, 0.717) is 24.3 Å². The third kappa shape index (κ3) is 6.45. The maximum absolute atomic E-state index is 12.1. The summed E-state index contributed by atoms with van der Waals surface area (Å²) in [6, 6.07) is 20.7. The van der Waals surface area contributed by atoms with Gasteiger partial charge in [-0.15, -0.1) is 0 Å². The van der Waals surface area contributed by atoms with E-state index >= 15 is 0 Å². The first kappa shape index (κ1) is 22.1. The van der Waals surface area contributed by atoms with Crippen molar-refractivity contribution in [3.8, 4) is 0 Å². The van der Waals surface area contributed by atoms with E-state index in [1.165, 1.54) is 31.2 Å². The van der Waals surface area contributed by atoms with Crippen molar-refractivity contribution < 1.29 is 4.79 Å². The highest BCUT2D eigenvalue weighted by Gasteiger charge is 2.24. The fourth-order valence-electron chi connectivity index (χ4n) is 4.15. The van der Waals surface area contributed by atoms with Gasteiger partial charge in [0.2, 0.25) is 0 Å². The molecule has 6 nitrogen and oxygen atoms in total. The molecule has 1 aliphatic rings. The summed E-state index contributed by atoms with van der Waals surface area (Å²) in [5.41, 5.74) is 3.85. The number of carbonyl (C=O) groups is 1. The number of nitrogens with one attached hydrogen (secondary N) is 3. The molecule has 2 aromatic heterocycles. The molecule has 1 amide bonds. The van der Waals surface area contributed by atoms with Gasteiger partial charge in [0.1, 0.15) is 5.69 Å². The number of hydrogen-bond donors (Lipinski definition) is 3. The van der Waals surface area contributed by atoms with Crippen LogP contribution in [0.15, 0.2) is 73.1 Å². The molecule has 2 heterocycles. The van der Waals surface area contributed by atoms with Gasteiger partial charge in [0.15, 0.2) is 0 Å². The lowest BCUT2D eigenvalue weighted by molar-refractivity contribution is 0.0946. The minimum Gasteiger partial charge on any atom is -0.347 e. The topological polar surface area (TPSA) is 78.9 Å². The van der Waals surface area contributed by atoms with Gasteiger partial charge in [0.25, 0.3) is 5.91 Å². The summed E-state index contributed by atoms with van der Waals surface area (Å²) in [7, 11) is 0. The van der Waals surface area contributed by atoms with Crippen LogP contribution >= 0.6 is 0 Å². The second kappa shape index (κ2) is 11.5.